The molecule has 21 heavy (non-hydrogen) atoms. The number of thiophene rings is 1. The number of rotatable bonds is 3. The van der Waals surface area contributed by atoms with E-state index in [1.165, 1.54) is 11.3 Å². The van der Waals surface area contributed by atoms with Gasteiger partial charge in [-0.05, 0) is 17.5 Å². The number of ether oxygens (including phenoxy) is 1. The predicted molar refractivity (Wildman–Crippen MR) is 84.0 cm³/mol. The van der Waals surface area contributed by atoms with Crippen molar-refractivity contribution in [2.75, 3.05) is 26.7 Å². The van der Waals surface area contributed by atoms with Gasteiger partial charge in [0, 0.05) is 25.2 Å². The molecule has 5 heteroatoms. The molecule has 1 aliphatic heterocycles. The molecule has 1 amide bonds. The monoisotopic (exact) mass is 302 g/mol. The van der Waals surface area contributed by atoms with Crippen molar-refractivity contribution in [1.29, 1.82) is 0 Å². The van der Waals surface area contributed by atoms with Gasteiger partial charge in [0.25, 0.3) is 5.91 Å². The number of hydrogen-bond donors (Lipinski definition) is 1. The van der Waals surface area contributed by atoms with Crippen LogP contribution in [0.4, 0.5) is 0 Å². The summed E-state index contributed by atoms with van der Waals surface area (Å²) >= 11 is 1.49. The number of hydrogen-bond acceptors (Lipinski definition) is 4. The zero-order valence-corrected chi connectivity index (χ0v) is 12.7. The molecule has 110 valence electrons. The van der Waals surface area contributed by atoms with E-state index < -0.39 is 0 Å². The summed E-state index contributed by atoms with van der Waals surface area (Å²) in [4.78, 5) is 15.2. The number of nitrogens with zero attached hydrogens (tertiary/aromatic N) is 1. The summed E-state index contributed by atoms with van der Waals surface area (Å²) in [5.41, 5.74) is 1.10. The van der Waals surface area contributed by atoms with Crippen LogP contribution in [0.5, 0.6) is 5.75 Å². The second-order valence-corrected chi connectivity index (χ2v) is 5.92. The Morgan fingerprint density at radius 1 is 1.33 bits per heavy atom. The highest BCUT2D eigenvalue weighted by Crippen LogP contribution is 2.27. The number of carbonyl (C=O) groups excluding carboxylic acids is 1. The smallest absolute Gasteiger partial charge is 0.264 e. The fourth-order valence-corrected chi connectivity index (χ4v) is 3.34. The van der Waals surface area contributed by atoms with Crippen molar-refractivity contribution in [3.05, 3.63) is 52.2 Å². The van der Waals surface area contributed by atoms with Gasteiger partial charge >= 0.3 is 0 Å². The third kappa shape index (κ3) is 2.94. The lowest BCUT2D eigenvalue weighted by molar-refractivity contribution is 0.0707. The quantitative estimate of drug-likeness (QED) is 0.947. The molecular weight excluding hydrogens is 284 g/mol. The summed E-state index contributed by atoms with van der Waals surface area (Å²) in [6.45, 7) is 2.19. The molecule has 4 nitrogen and oxygen atoms in total. The standard InChI is InChI=1S/C16H18N2O2S/c1-20-14-6-3-2-5-12(14)13-11-18(9-8-17-13)16(19)15-7-4-10-21-15/h2-7,10,13,17H,8-9,11H2,1H3. The van der Waals surface area contributed by atoms with Crippen LogP contribution >= 0.6 is 11.3 Å². The van der Waals surface area contributed by atoms with Gasteiger partial charge in [-0.3, -0.25) is 4.79 Å². The minimum atomic E-state index is 0.110. The molecule has 1 atom stereocenters. The van der Waals surface area contributed by atoms with Gasteiger partial charge in [-0.25, -0.2) is 0 Å². The Kier molecular flexibility index (Phi) is 4.22. The highest BCUT2D eigenvalue weighted by molar-refractivity contribution is 7.12. The summed E-state index contributed by atoms with van der Waals surface area (Å²) in [6, 6.07) is 11.9. The van der Waals surface area contributed by atoms with E-state index in [4.69, 9.17) is 4.74 Å². The molecule has 1 saturated heterocycles. The molecule has 0 spiro atoms. The number of benzene rings is 1. The van der Waals surface area contributed by atoms with Crippen LogP contribution in [0.3, 0.4) is 0 Å². The van der Waals surface area contributed by atoms with Gasteiger partial charge in [0.2, 0.25) is 0 Å². The Labute approximate surface area is 128 Å². The van der Waals surface area contributed by atoms with Gasteiger partial charge in [-0.2, -0.15) is 0 Å². The first-order chi connectivity index (χ1) is 10.3. The van der Waals surface area contributed by atoms with E-state index in [0.29, 0.717) is 6.54 Å². The molecule has 0 radical (unpaired) electrons. The Morgan fingerprint density at radius 2 is 2.19 bits per heavy atom. The first kappa shape index (κ1) is 14.1. The third-order valence-corrected chi connectivity index (χ3v) is 4.57. The second-order valence-electron chi connectivity index (χ2n) is 4.98. The summed E-state index contributed by atoms with van der Waals surface area (Å²) in [5, 5.41) is 5.41. The molecule has 0 aliphatic carbocycles. The zero-order chi connectivity index (χ0) is 14.7. The van der Waals surface area contributed by atoms with Crippen LogP contribution in [-0.4, -0.2) is 37.6 Å². The van der Waals surface area contributed by atoms with Gasteiger partial charge in [0.15, 0.2) is 0 Å². The van der Waals surface area contributed by atoms with Crippen LogP contribution in [0.25, 0.3) is 0 Å². The fraction of sp³-hybridized carbons (Fsp3) is 0.312. The van der Waals surface area contributed by atoms with E-state index in [-0.39, 0.29) is 11.9 Å². The lowest BCUT2D eigenvalue weighted by Crippen LogP contribution is -2.48. The fourth-order valence-electron chi connectivity index (χ4n) is 2.65. The number of piperazine rings is 1. The van der Waals surface area contributed by atoms with E-state index in [9.17, 15) is 4.79 Å². The van der Waals surface area contributed by atoms with Gasteiger partial charge < -0.3 is 15.0 Å². The largest absolute Gasteiger partial charge is 0.496 e. The SMILES string of the molecule is COc1ccccc1C1CN(C(=O)c2cccs2)CCN1. The molecule has 0 bridgehead atoms. The number of amides is 1. The summed E-state index contributed by atoms with van der Waals surface area (Å²) in [5.74, 6) is 0.979. The Bertz CT molecular complexity index is 612. The van der Waals surface area contributed by atoms with Crippen molar-refractivity contribution in [2.45, 2.75) is 6.04 Å². The molecule has 2 heterocycles. The number of carbonyl (C=O) groups is 1. The van der Waals surface area contributed by atoms with E-state index in [0.717, 1.165) is 29.3 Å². The zero-order valence-electron chi connectivity index (χ0n) is 11.9. The normalized spacial score (nSPS) is 18.5. The van der Waals surface area contributed by atoms with Gasteiger partial charge in [-0.15, -0.1) is 11.3 Å². The second kappa shape index (κ2) is 6.28. The highest BCUT2D eigenvalue weighted by Gasteiger charge is 2.26. The van der Waals surface area contributed by atoms with Crippen molar-refractivity contribution in [3.63, 3.8) is 0 Å². The van der Waals surface area contributed by atoms with Crippen molar-refractivity contribution < 1.29 is 9.53 Å². The predicted octanol–water partition coefficient (Wildman–Crippen LogP) is 2.54. The van der Waals surface area contributed by atoms with E-state index in [1.807, 2.05) is 40.6 Å². The lowest BCUT2D eigenvalue weighted by atomic mass is 10.0. The first-order valence-corrected chi connectivity index (χ1v) is 7.86. The van der Waals surface area contributed by atoms with E-state index in [2.05, 4.69) is 11.4 Å². The Morgan fingerprint density at radius 3 is 2.95 bits per heavy atom. The van der Waals surface area contributed by atoms with Crippen LogP contribution in [-0.2, 0) is 0 Å². The molecule has 1 N–H and O–H groups in total. The van der Waals surface area contributed by atoms with Crippen molar-refractivity contribution in [1.82, 2.24) is 10.2 Å². The van der Waals surface area contributed by atoms with Gasteiger partial charge in [-0.1, -0.05) is 24.3 Å². The number of para-hydroxylation sites is 1. The Hall–Kier alpha value is -1.85. The average Bonchev–Trinajstić information content (AvgIpc) is 3.08. The maximum Gasteiger partial charge on any atom is 0.264 e. The average molecular weight is 302 g/mol. The Balaban J connectivity index is 1.78. The maximum atomic E-state index is 12.5. The molecule has 1 aromatic carbocycles. The van der Waals surface area contributed by atoms with Crippen molar-refractivity contribution >= 4 is 17.2 Å². The van der Waals surface area contributed by atoms with E-state index in [1.54, 1.807) is 7.11 Å². The topological polar surface area (TPSA) is 41.6 Å². The third-order valence-electron chi connectivity index (χ3n) is 3.71. The van der Waals surface area contributed by atoms with Crippen LogP contribution < -0.4 is 10.1 Å². The molecule has 1 fully saturated rings. The first-order valence-electron chi connectivity index (χ1n) is 6.98. The molecule has 3 rings (SSSR count). The van der Waals surface area contributed by atoms with Crippen molar-refractivity contribution in [2.24, 2.45) is 0 Å². The minimum absolute atomic E-state index is 0.110. The lowest BCUT2D eigenvalue weighted by Gasteiger charge is -2.34. The van der Waals surface area contributed by atoms with Crippen LogP contribution in [0, 0.1) is 0 Å². The van der Waals surface area contributed by atoms with Crippen molar-refractivity contribution in [3.8, 4) is 5.75 Å². The maximum absolute atomic E-state index is 12.5. The minimum Gasteiger partial charge on any atom is -0.496 e. The van der Waals surface area contributed by atoms with E-state index >= 15 is 0 Å². The molecule has 2 aromatic rings. The van der Waals surface area contributed by atoms with Crippen LogP contribution in [0.15, 0.2) is 41.8 Å². The highest BCUT2D eigenvalue weighted by atomic mass is 32.1. The molecule has 1 aliphatic rings. The van der Waals surface area contributed by atoms with Gasteiger partial charge in [0.1, 0.15) is 5.75 Å². The molecule has 1 unspecified atom stereocenters. The molecular formula is C16H18N2O2S. The van der Waals surface area contributed by atoms with Crippen LogP contribution in [0.1, 0.15) is 21.3 Å². The van der Waals surface area contributed by atoms with Gasteiger partial charge in [0.05, 0.1) is 18.0 Å². The number of nitrogens with one attached hydrogen (secondary N) is 1. The van der Waals surface area contributed by atoms with Crippen LogP contribution in [0.2, 0.25) is 0 Å². The summed E-state index contributed by atoms with van der Waals surface area (Å²) in [7, 11) is 1.68. The molecule has 1 aromatic heterocycles. The molecule has 0 saturated carbocycles. The summed E-state index contributed by atoms with van der Waals surface area (Å²) in [6.07, 6.45) is 0. The number of methoxy groups -OCH3 is 1. The summed E-state index contributed by atoms with van der Waals surface area (Å²) < 4.78 is 5.43.